The maximum atomic E-state index is 12.6. The summed E-state index contributed by atoms with van der Waals surface area (Å²) >= 11 is 0.761. The number of ether oxygens (including phenoxy) is 3. The number of carbonyl (C=O) groups is 3. The zero-order chi connectivity index (χ0) is 22.7. The molecule has 0 atom stereocenters. The van der Waals surface area contributed by atoms with Gasteiger partial charge in [0.2, 0.25) is 6.79 Å². The fourth-order valence-electron chi connectivity index (χ4n) is 3.08. The zero-order valence-corrected chi connectivity index (χ0v) is 17.2. The molecule has 2 aliphatic rings. The van der Waals surface area contributed by atoms with Crippen LogP contribution < -0.4 is 19.5 Å². The van der Waals surface area contributed by atoms with Crippen molar-refractivity contribution in [2.24, 2.45) is 0 Å². The van der Waals surface area contributed by atoms with E-state index in [2.05, 4.69) is 10.1 Å². The number of amides is 3. The van der Waals surface area contributed by atoms with E-state index in [0.717, 1.165) is 16.7 Å². The minimum Gasteiger partial charge on any atom is -0.454 e. The third-order valence-corrected chi connectivity index (χ3v) is 5.45. The second-order valence-electron chi connectivity index (χ2n) is 6.58. The number of carbonyl (C=O) groups excluding carboxylic acids is 3. The first-order valence-corrected chi connectivity index (χ1v) is 10.2. The Morgan fingerprint density at radius 1 is 1.19 bits per heavy atom. The molecule has 2 aromatic carbocycles. The molecule has 8 nitrogen and oxygen atoms in total. The van der Waals surface area contributed by atoms with E-state index in [0.29, 0.717) is 22.6 Å². The second kappa shape index (κ2) is 9.27. The largest absolute Gasteiger partial charge is 0.454 e. The predicted octanol–water partition coefficient (Wildman–Crippen LogP) is 3.48. The van der Waals surface area contributed by atoms with Crippen molar-refractivity contribution in [1.29, 1.82) is 0 Å². The van der Waals surface area contributed by atoms with Crippen LogP contribution in [0.3, 0.4) is 0 Å². The van der Waals surface area contributed by atoms with Gasteiger partial charge >= 0.3 is 6.61 Å². The van der Waals surface area contributed by atoms with Crippen LogP contribution in [0.25, 0.3) is 6.08 Å². The predicted molar refractivity (Wildman–Crippen MR) is 111 cm³/mol. The van der Waals surface area contributed by atoms with Crippen LogP contribution in [-0.2, 0) is 4.79 Å². The Bertz CT molecular complexity index is 1090. The van der Waals surface area contributed by atoms with Crippen LogP contribution in [0.2, 0.25) is 0 Å². The van der Waals surface area contributed by atoms with Gasteiger partial charge in [0.05, 0.1) is 10.5 Å². The molecular formula is C21H16F2N2O6S. The molecule has 1 saturated heterocycles. The maximum absolute atomic E-state index is 12.6. The number of thioether (sulfide) groups is 1. The number of imide groups is 1. The normalized spacial score (nSPS) is 16.2. The molecule has 166 valence electrons. The summed E-state index contributed by atoms with van der Waals surface area (Å²) in [4.78, 5) is 38.5. The Morgan fingerprint density at radius 2 is 1.97 bits per heavy atom. The average molecular weight is 462 g/mol. The van der Waals surface area contributed by atoms with Crippen LogP contribution in [0.15, 0.2) is 47.4 Å². The zero-order valence-electron chi connectivity index (χ0n) is 16.4. The van der Waals surface area contributed by atoms with Gasteiger partial charge in [-0.25, -0.2) is 0 Å². The van der Waals surface area contributed by atoms with Crippen molar-refractivity contribution in [1.82, 2.24) is 10.2 Å². The summed E-state index contributed by atoms with van der Waals surface area (Å²) in [6.45, 7) is -2.86. The molecule has 2 heterocycles. The Morgan fingerprint density at radius 3 is 2.72 bits per heavy atom. The summed E-state index contributed by atoms with van der Waals surface area (Å²) in [7, 11) is 0. The Kier molecular flexibility index (Phi) is 6.26. The quantitative estimate of drug-likeness (QED) is 0.630. The van der Waals surface area contributed by atoms with Crippen molar-refractivity contribution in [3.05, 3.63) is 58.5 Å². The Hall–Kier alpha value is -3.60. The molecule has 3 amide bonds. The first-order valence-electron chi connectivity index (χ1n) is 9.39. The molecule has 4 rings (SSSR count). The monoisotopic (exact) mass is 462 g/mol. The lowest BCUT2D eigenvalue weighted by atomic mass is 10.1. The summed E-state index contributed by atoms with van der Waals surface area (Å²) < 4.78 is 39.3. The molecule has 0 unspecified atom stereocenters. The number of hydrogen-bond donors (Lipinski definition) is 1. The molecule has 0 aliphatic carbocycles. The summed E-state index contributed by atoms with van der Waals surface area (Å²) in [6.07, 6.45) is 1.49. The number of hydrogen-bond acceptors (Lipinski definition) is 7. The van der Waals surface area contributed by atoms with Gasteiger partial charge in [-0.2, -0.15) is 8.78 Å². The van der Waals surface area contributed by atoms with Gasteiger partial charge in [-0.05, 0) is 47.7 Å². The van der Waals surface area contributed by atoms with Crippen molar-refractivity contribution in [2.75, 3.05) is 19.9 Å². The van der Waals surface area contributed by atoms with Crippen LogP contribution >= 0.6 is 11.8 Å². The molecule has 1 fully saturated rings. The van der Waals surface area contributed by atoms with Crippen molar-refractivity contribution >= 4 is 34.9 Å². The summed E-state index contributed by atoms with van der Waals surface area (Å²) in [5, 5.41) is 2.19. The highest BCUT2D eigenvalue weighted by Gasteiger charge is 2.34. The number of nitrogens with zero attached hydrogens (tertiary/aromatic N) is 1. The van der Waals surface area contributed by atoms with Gasteiger partial charge in [0.1, 0.15) is 5.75 Å². The summed E-state index contributed by atoms with van der Waals surface area (Å²) in [5.74, 6) is -0.103. The van der Waals surface area contributed by atoms with Crippen molar-refractivity contribution in [3.63, 3.8) is 0 Å². The van der Waals surface area contributed by atoms with Crippen LogP contribution in [-0.4, -0.2) is 48.4 Å². The lowest BCUT2D eigenvalue weighted by molar-refractivity contribution is -0.122. The van der Waals surface area contributed by atoms with Gasteiger partial charge in [0.25, 0.3) is 17.1 Å². The van der Waals surface area contributed by atoms with E-state index in [4.69, 9.17) is 9.47 Å². The molecule has 32 heavy (non-hydrogen) atoms. The molecule has 0 saturated carbocycles. The average Bonchev–Trinajstić information content (AvgIpc) is 3.34. The molecule has 1 N–H and O–H groups in total. The first kappa shape index (κ1) is 21.6. The van der Waals surface area contributed by atoms with E-state index >= 15 is 0 Å². The number of halogens is 2. The van der Waals surface area contributed by atoms with Gasteiger partial charge in [-0.1, -0.05) is 18.2 Å². The third-order valence-electron chi connectivity index (χ3n) is 4.54. The molecule has 2 aromatic rings. The highest BCUT2D eigenvalue weighted by molar-refractivity contribution is 8.18. The van der Waals surface area contributed by atoms with Crippen LogP contribution in [0, 0.1) is 0 Å². The number of para-hydroxylation sites is 1. The smallest absolute Gasteiger partial charge is 0.387 e. The van der Waals surface area contributed by atoms with E-state index < -0.39 is 23.7 Å². The molecule has 0 radical (unpaired) electrons. The Balaban J connectivity index is 1.35. The molecule has 0 bridgehead atoms. The minimum atomic E-state index is -2.93. The highest BCUT2D eigenvalue weighted by atomic mass is 32.2. The Labute approximate surface area is 185 Å². The fraction of sp³-hybridized carbons (Fsp3) is 0.190. The molecule has 0 aromatic heterocycles. The number of nitrogens with one attached hydrogen (secondary N) is 1. The lowest BCUT2D eigenvalue weighted by Crippen LogP contribution is -2.37. The highest BCUT2D eigenvalue weighted by Crippen LogP contribution is 2.35. The molecule has 11 heteroatoms. The van der Waals surface area contributed by atoms with Crippen LogP contribution in [0.5, 0.6) is 17.2 Å². The fourth-order valence-corrected chi connectivity index (χ4v) is 3.94. The van der Waals surface area contributed by atoms with Gasteiger partial charge in [0.15, 0.2) is 11.5 Å². The van der Waals surface area contributed by atoms with E-state index in [1.807, 2.05) is 0 Å². The van der Waals surface area contributed by atoms with Crippen LogP contribution in [0.4, 0.5) is 13.6 Å². The molecule has 0 spiro atoms. The van der Waals surface area contributed by atoms with E-state index in [1.54, 1.807) is 18.2 Å². The second-order valence-corrected chi connectivity index (χ2v) is 7.57. The van der Waals surface area contributed by atoms with Gasteiger partial charge in [0, 0.05) is 13.1 Å². The third kappa shape index (κ3) is 4.67. The molecular weight excluding hydrogens is 446 g/mol. The molecule has 2 aliphatic heterocycles. The topological polar surface area (TPSA) is 94.2 Å². The minimum absolute atomic E-state index is 0.0120. The van der Waals surface area contributed by atoms with Crippen molar-refractivity contribution < 1.29 is 37.4 Å². The van der Waals surface area contributed by atoms with E-state index in [1.165, 1.54) is 30.3 Å². The first-order chi connectivity index (χ1) is 15.4. The van der Waals surface area contributed by atoms with Crippen molar-refractivity contribution in [2.45, 2.75) is 6.61 Å². The van der Waals surface area contributed by atoms with E-state index in [-0.39, 0.29) is 30.5 Å². The SMILES string of the molecule is O=C(NCCN1C(=O)S/C(=C\c2ccc(OC(F)F)cc2)C1=O)c1cccc2c1OCO2. The number of benzene rings is 2. The summed E-state index contributed by atoms with van der Waals surface area (Å²) in [6, 6.07) is 10.6. The van der Waals surface area contributed by atoms with Crippen LogP contribution in [0.1, 0.15) is 15.9 Å². The van der Waals surface area contributed by atoms with Gasteiger partial charge in [-0.15, -0.1) is 0 Å². The standard InChI is InChI=1S/C21H16F2N2O6S/c22-20(23)31-13-6-4-12(5-7-13)10-16-19(27)25(21(28)32-16)9-8-24-18(26)14-2-1-3-15-17(14)30-11-29-15/h1-7,10,20H,8-9,11H2,(H,24,26)/b16-10-. The number of fused-ring (bicyclic) bond motifs is 1. The van der Waals surface area contributed by atoms with Gasteiger partial charge < -0.3 is 19.5 Å². The maximum Gasteiger partial charge on any atom is 0.387 e. The lowest BCUT2D eigenvalue weighted by Gasteiger charge is -2.13. The van der Waals surface area contributed by atoms with Gasteiger partial charge in [-0.3, -0.25) is 19.3 Å². The number of alkyl halides is 2. The summed E-state index contributed by atoms with van der Waals surface area (Å²) in [5.41, 5.74) is 0.846. The van der Waals surface area contributed by atoms with E-state index in [9.17, 15) is 23.2 Å². The number of rotatable bonds is 7. The van der Waals surface area contributed by atoms with Crippen molar-refractivity contribution in [3.8, 4) is 17.2 Å².